The predicted molar refractivity (Wildman–Crippen MR) is 70.5 cm³/mol. The summed E-state index contributed by atoms with van der Waals surface area (Å²) < 4.78 is 10.5. The van der Waals surface area contributed by atoms with Crippen LogP contribution in [-0.4, -0.2) is 33.1 Å². The van der Waals surface area contributed by atoms with E-state index in [0.717, 1.165) is 30.3 Å². The fraction of sp³-hybridized carbons (Fsp3) is 0.500. The molecule has 1 fully saturated rings. The Hall–Kier alpha value is -1.71. The van der Waals surface area contributed by atoms with Crippen molar-refractivity contribution in [3.63, 3.8) is 0 Å². The SMILES string of the molecule is COc1cc(OC)cc(N2CCC(=O)C(C)C2)c1. The molecule has 0 amide bonds. The highest BCUT2D eigenvalue weighted by Crippen LogP contribution is 2.30. The van der Waals surface area contributed by atoms with E-state index in [1.165, 1.54) is 0 Å². The summed E-state index contributed by atoms with van der Waals surface area (Å²) in [5.41, 5.74) is 1.05. The molecule has 0 radical (unpaired) electrons. The van der Waals surface area contributed by atoms with E-state index in [2.05, 4.69) is 4.90 Å². The van der Waals surface area contributed by atoms with Gasteiger partial charge in [-0.15, -0.1) is 0 Å². The molecule has 1 saturated heterocycles. The maximum absolute atomic E-state index is 11.5. The minimum absolute atomic E-state index is 0.0935. The second-order valence-electron chi connectivity index (χ2n) is 4.63. The number of piperidine rings is 1. The first kappa shape index (κ1) is 12.7. The van der Waals surface area contributed by atoms with Gasteiger partial charge in [0.25, 0.3) is 0 Å². The molecular formula is C14H19NO3. The Morgan fingerprint density at radius 3 is 2.28 bits per heavy atom. The van der Waals surface area contributed by atoms with Crippen molar-refractivity contribution in [3.05, 3.63) is 18.2 Å². The predicted octanol–water partition coefficient (Wildman–Crippen LogP) is 2.12. The van der Waals surface area contributed by atoms with Gasteiger partial charge in [0.15, 0.2) is 0 Å². The molecule has 1 aliphatic heterocycles. The summed E-state index contributed by atoms with van der Waals surface area (Å²) in [4.78, 5) is 13.7. The van der Waals surface area contributed by atoms with Crippen molar-refractivity contribution in [3.8, 4) is 11.5 Å². The van der Waals surface area contributed by atoms with E-state index in [1.54, 1.807) is 14.2 Å². The van der Waals surface area contributed by atoms with Crippen LogP contribution in [0, 0.1) is 5.92 Å². The van der Waals surface area contributed by atoms with Gasteiger partial charge in [0.1, 0.15) is 17.3 Å². The highest BCUT2D eigenvalue weighted by atomic mass is 16.5. The molecule has 1 atom stereocenters. The molecule has 2 rings (SSSR count). The fourth-order valence-corrected chi connectivity index (χ4v) is 2.22. The molecule has 1 aromatic carbocycles. The van der Waals surface area contributed by atoms with Crippen molar-refractivity contribution in [1.82, 2.24) is 0 Å². The largest absolute Gasteiger partial charge is 0.497 e. The molecule has 0 aliphatic carbocycles. The van der Waals surface area contributed by atoms with E-state index in [1.807, 2.05) is 25.1 Å². The van der Waals surface area contributed by atoms with Crippen LogP contribution in [-0.2, 0) is 4.79 Å². The third-order valence-corrected chi connectivity index (χ3v) is 3.37. The zero-order valence-corrected chi connectivity index (χ0v) is 11.1. The van der Waals surface area contributed by atoms with E-state index in [-0.39, 0.29) is 5.92 Å². The molecule has 1 aromatic rings. The van der Waals surface area contributed by atoms with Crippen molar-refractivity contribution in [2.24, 2.45) is 5.92 Å². The summed E-state index contributed by atoms with van der Waals surface area (Å²) >= 11 is 0. The van der Waals surface area contributed by atoms with Crippen LogP contribution in [0.5, 0.6) is 11.5 Å². The molecule has 18 heavy (non-hydrogen) atoms. The monoisotopic (exact) mass is 249 g/mol. The average Bonchev–Trinajstić information content (AvgIpc) is 2.41. The van der Waals surface area contributed by atoms with Crippen LogP contribution in [0.3, 0.4) is 0 Å². The van der Waals surface area contributed by atoms with Gasteiger partial charge >= 0.3 is 0 Å². The third-order valence-electron chi connectivity index (χ3n) is 3.37. The Morgan fingerprint density at radius 1 is 1.17 bits per heavy atom. The molecule has 0 bridgehead atoms. The van der Waals surface area contributed by atoms with Gasteiger partial charge in [-0.2, -0.15) is 0 Å². The van der Waals surface area contributed by atoms with Crippen LogP contribution in [0.4, 0.5) is 5.69 Å². The topological polar surface area (TPSA) is 38.8 Å². The summed E-state index contributed by atoms with van der Waals surface area (Å²) in [6.45, 7) is 3.50. The van der Waals surface area contributed by atoms with Gasteiger partial charge in [0.2, 0.25) is 0 Å². The first-order chi connectivity index (χ1) is 8.63. The van der Waals surface area contributed by atoms with Gasteiger partial charge in [-0.25, -0.2) is 0 Å². The Labute approximate surface area is 107 Å². The molecule has 1 heterocycles. The smallest absolute Gasteiger partial charge is 0.139 e. The number of Topliss-reactive ketones (excluding diaryl/α,β-unsaturated/α-hetero) is 1. The van der Waals surface area contributed by atoms with Gasteiger partial charge in [-0.3, -0.25) is 4.79 Å². The van der Waals surface area contributed by atoms with E-state index in [9.17, 15) is 4.79 Å². The van der Waals surface area contributed by atoms with Crippen molar-refractivity contribution >= 4 is 11.5 Å². The lowest BCUT2D eigenvalue weighted by Gasteiger charge is -2.32. The molecule has 4 nitrogen and oxygen atoms in total. The number of ketones is 1. The third kappa shape index (κ3) is 2.58. The first-order valence-corrected chi connectivity index (χ1v) is 6.14. The van der Waals surface area contributed by atoms with Gasteiger partial charge in [-0.1, -0.05) is 6.92 Å². The van der Waals surface area contributed by atoms with E-state index >= 15 is 0 Å². The highest BCUT2D eigenvalue weighted by molar-refractivity contribution is 5.83. The Bertz CT molecular complexity index is 422. The van der Waals surface area contributed by atoms with Crippen LogP contribution < -0.4 is 14.4 Å². The minimum atomic E-state index is 0.0935. The Morgan fingerprint density at radius 2 is 1.78 bits per heavy atom. The van der Waals surface area contributed by atoms with Gasteiger partial charge in [0, 0.05) is 49.3 Å². The summed E-state index contributed by atoms with van der Waals surface area (Å²) in [5, 5.41) is 0. The summed E-state index contributed by atoms with van der Waals surface area (Å²) in [7, 11) is 3.28. The summed E-state index contributed by atoms with van der Waals surface area (Å²) in [6.07, 6.45) is 0.612. The van der Waals surface area contributed by atoms with Crippen LogP contribution in [0.15, 0.2) is 18.2 Å². The molecule has 0 saturated carbocycles. The molecule has 0 aromatic heterocycles. The lowest BCUT2D eigenvalue weighted by molar-refractivity contribution is -0.122. The minimum Gasteiger partial charge on any atom is -0.497 e. The van der Waals surface area contributed by atoms with Crippen molar-refractivity contribution in [1.29, 1.82) is 0 Å². The van der Waals surface area contributed by atoms with Crippen molar-refractivity contribution in [2.75, 3.05) is 32.2 Å². The van der Waals surface area contributed by atoms with Crippen LogP contribution in [0.2, 0.25) is 0 Å². The summed E-state index contributed by atoms with van der Waals surface area (Å²) in [5.74, 6) is 1.99. The molecule has 1 unspecified atom stereocenters. The van der Waals surface area contributed by atoms with Crippen LogP contribution >= 0.6 is 0 Å². The standard InChI is InChI=1S/C14H19NO3/c1-10-9-15(5-4-14(10)16)11-6-12(17-2)8-13(7-11)18-3/h6-8,10H,4-5,9H2,1-3H3. The molecule has 1 aliphatic rings. The number of rotatable bonds is 3. The zero-order chi connectivity index (χ0) is 13.1. The van der Waals surface area contributed by atoms with Crippen molar-refractivity contribution in [2.45, 2.75) is 13.3 Å². The van der Waals surface area contributed by atoms with Gasteiger partial charge < -0.3 is 14.4 Å². The van der Waals surface area contributed by atoms with Gasteiger partial charge in [0.05, 0.1) is 14.2 Å². The average molecular weight is 249 g/mol. The van der Waals surface area contributed by atoms with E-state index < -0.39 is 0 Å². The van der Waals surface area contributed by atoms with Crippen LogP contribution in [0.25, 0.3) is 0 Å². The Kier molecular flexibility index (Phi) is 3.75. The number of benzene rings is 1. The second-order valence-corrected chi connectivity index (χ2v) is 4.63. The first-order valence-electron chi connectivity index (χ1n) is 6.14. The lowest BCUT2D eigenvalue weighted by Crippen LogP contribution is -2.39. The zero-order valence-electron chi connectivity index (χ0n) is 11.1. The second kappa shape index (κ2) is 5.29. The number of methoxy groups -OCH3 is 2. The van der Waals surface area contributed by atoms with Crippen molar-refractivity contribution < 1.29 is 14.3 Å². The molecular weight excluding hydrogens is 230 g/mol. The maximum atomic E-state index is 11.5. The molecule has 0 N–H and O–H groups in total. The van der Waals surface area contributed by atoms with Crippen LogP contribution in [0.1, 0.15) is 13.3 Å². The lowest BCUT2D eigenvalue weighted by atomic mass is 9.98. The number of hydrogen-bond acceptors (Lipinski definition) is 4. The molecule has 0 spiro atoms. The van der Waals surface area contributed by atoms with E-state index in [4.69, 9.17) is 9.47 Å². The normalized spacial score (nSPS) is 19.8. The number of hydrogen-bond donors (Lipinski definition) is 0. The summed E-state index contributed by atoms with van der Waals surface area (Å²) in [6, 6.07) is 5.80. The number of anilines is 1. The number of carbonyl (C=O) groups is 1. The highest BCUT2D eigenvalue weighted by Gasteiger charge is 2.24. The molecule has 4 heteroatoms. The molecule has 98 valence electrons. The van der Waals surface area contributed by atoms with Gasteiger partial charge in [-0.05, 0) is 0 Å². The number of nitrogens with zero attached hydrogens (tertiary/aromatic N) is 1. The number of carbonyl (C=O) groups excluding carboxylic acids is 1. The Balaban J connectivity index is 2.24. The van der Waals surface area contributed by atoms with E-state index in [0.29, 0.717) is 12.2 Å². The fourth-order valence-electron chi connectivity index (χ4n) is 2.22. The maximum Gasteiger partial charge on any atom is 0.139 e. The quantitative estimate of drug-likeness (QED) is 0.822. The number of ether oxygens (including phenoxy) is 2.